The number of hydrogen-bond acceptors (Lipinski definition) is 2. The summed E-state index contributed by atoms with van der Waals surface area (Å²) in [6, 6.07) is 3.81. The van der Waals surface area contributed by atoms with Crippen LogP contribution in [0.3, 0.4) is 0 Å². The highest BCUT2D eigenvalue weighted by Gasteiger charge is 2.12. The lowest BCUT2D eigenvalue weighted by molar-refractivity contribution is 0.414. The summed E-state index contributed by atoms with van der Waals surface area (Å²) in [5.41, 5.74) is 2.12. The van der Waals surface area contributed by atoms with Gasteiger partial charge in [0.2, 0.25) is 0 Å². The number of rotatable bonds is 2. The molecule has 1 rings (SSSR count). The predicted octanol–water partition coefficient (Wildman–Crippen LogP) is 2.60. The molecular weight excluding hydrogens is 224 g/mol. The average Bonchev–Trinajstić information content (AvgIpc) is 2.23. The normalized spacial score (nSPS) is 11.5. The summed E-state index contributed by atoms with van der Waals surface area (Å²) < 4.78 is 5.17. The fraction of sp³-hybridized carbons (Fsp3) is 0.417. The minimum atomic E-state index is 0.603. The van der Waals surface area contributed by atoms with Gasteiger partial charge in [0.15, 0.2) is 0 Å². The van der Waals surface area contributed by atoms with Crippen molar-refractivity contribution in [1.29, 1.82) is 0 Å². The van der Waals surface area contributed by atoms with Crippen LogP contribution in [0.1, 0.15) is 11.1 Å². The Bertz CT molecular complexity index is 414. The summed E-state index contributed by atoms with van der Waals surface area (Å²) in [4.78, 5) is 6.22. The topological polar surface area (TPSA) is 24.8 Å². The maximum atomic E-state index is 6.11. The standard InChI is InChI=1S/C12H17ClN2O/c1-8-6-11(16-5)10(13)7-9(8)12(14-2)15(3)4/h6-7H,1-5H3. The third kappa shape index (κ3) is 2.47. The molecule has 0 saturated carbocycles. The molecule has 1 aromatic carbocycles. The van der Waals surface area contributed by atoms with Crippen molar-refractivity contribution < 1.29 is 4.74 Å². The van der Waals surface area contributed by atoms with Gasteiger partial charge in [0.1, 0.15) is 11.6 Å². The maximum Gasteiger partial charge on any atom is 0.137 e. The Kier molecular flexibility index (Phi) is 4.19. The quantitative estimate of drug-likeness (QED) is 0.586. The number of nitrogens with zero attached hydrogens (tertiary/aromatic N) is 2. The number of ether oxygens (including phenoxy) is 1. The van der Waals surface area contributed by atoms with Gasteiger partial charge < -0.3 is 9.64 Å². The number of amidine groups is 1. The first-order chi connectivity index (χ1) is 7.51. The summed E-state index contributed by atoms with van der Waals surface area (Å²) in [5.74, 6) is 1.60. The molecule has 16 heavy (non-hydrogen) atoms. The van der Waals surface area contributed by atoms with Crippen molar-refractivity contribution in [3.63, 3.8) is 0 Å². The van der Waals surface area contributed by atoms with Gasteiger partial charge in [0, 0.05) is 26.7 Å². The molecule has 4 heteroatoms. The molecule has 0 aliphatic carbocycles. The molecule has 0 fully saturated rings. The SMILES string of the molecule is CN=C(c1cc(Cl)c(OC)cc1C)N(C)C. The molecule has 0 atom stereocenters. The number of halogens is 1. The van der Waals surface area contributed by atoms with Crippen LogP contribution in [0.2, 0.25) is 5.02 Å². The zero-order valence-electron chi connectivity index (χ0n) is 10.3. The summed E-state index contributed by atoms with van der Waals surface area (Å²) in [6.45, 7) is 2.02. The van der Waals surface area contributed by atoms with Crippen molar-refractivity contribution in [3.8, 4) is 5.75 Å². The minimum absolute atomic E-state index is 0.603. The van der Waals surface area contributed by atoms with Gasteiger partial charge in [0.25, 0.3) is 0 Å². The third-order valence-corrected chi connectivity index (χ3v) is 2.67. The predicted molar refractivity (Wildman–Crippen MR) is 68.9 cm³/mol. The van der Waals surface area contributed by atoms with Crippen molar-refractivity contribution in [3.05, 3.63) is 28.3 Å². The van der Waals surface area contributed by atoms with Crippen LogP contribution in [-0.2, 0) is 0 Å². The van der Waals surface area contributed by atoms with E-state index in [-0.39, 0.29) is 0 Å². The lowest BCUT2D eigenvalue weighted by Crippen LogP contribution is -2.23. The largest absolute Gasteiger partial charge is 0.495 e. The van der Waals surface area contributed by atoms with Gasteiger partial charge in [-0.15, -0.1) is 0 Å². The summed E-state index contributed by atoms with van der Waals surface area (Å²) in [7, 11) is 7.30. The molecule has 1 aromatic rings. The monoisotopic (exact) mass is 240 g/mol. The van der Waals surface area contributed by atoms with Crippen molar-refractivity contribution in [1.82, 2.24) is 4.90 Å². The summed E-state index contributed by atoms with van der Waals surface area (Å²) in [6.07, 6.45) is 0. The lowest BCUT2D eigenvalue weighted by Gasteiger charge is -2.18. The average molecular weight is 241 g/mol. The van der Waals surface area contributed by atoms with Gasteiger partial charge in [-0.25, -0.2) is 0 Å². The molecule has 88 valence electrons. The first kappa shape index (κ1) is 12.8. The van der Waals surface area contributed by atoms with E-state index >= 15 is 0 Å². The van der Waals surface area contributed by atoms with Crippen molar-refractivity contribution in [2.75, 3.05) is 28.3 Å². The fourth-order valence-corrected chi connectivity index (χ4v) is 1.85. The van der Waals surface area contributed by atoms with E-state index in [2.05, 4.69) is 4.99 Å². The molecule has 0 aliphatic rings. The second-order valence-electron chi connectivity index (χ2n) is 3.74. The molecule has 0 aromatic heterocycles. The molecule has 0 radical (unpaired) electrons. The highest BCUT2D eigenvalue weighted by Crippen LogP contribution is 2.28. The number of benzene rings is 1. The Morgan fingerprint density at radius 1 is 1.38 bits per heavy atom. The molecule has 0 bridgehead atoms. The van der Waals surface area contributed by atoms with E-state index in [4.69, 9.17) is 16.3 Å². The molecule has 0 spiro atoms. The van der Waals surface area contributed by atoms with Crippen LogP contribution >= 0.6 is 11.6 Å². The van der Waals surface area contributed by atoms with Gasteiger partial charge >= 0.3 is 0 Å². The van der Waals surface area contributed by atoms with Crippen LogP contribution in [-0.4, -0.2) is 39.0 Å². The van der Waals surface area contributed by atoms with Crippen molar-refractivity contribution >= 4 is 17.4 Å². The van der Waals surface area contributed by atoms with Crippen molar-refractivity contribution in [2.45, 2.75) is 6.92 Å². The molecule has 0 amide bonds. The molecule has 0 unspecified atom stereocenters. The minimum Gasteiger partial charge on any atom is -0.495 e. The zero-order valence-corrected chi connectivity index (χ0v) is 11.1. The van der Waals surface area contributed by atoms with Crippen LogP contribution in [0.4, 0.5) is 0 Å². The molecule has 0 N–H and O–H groups in total. The van der Waals surface area contributed by atoms with Gasteiger partial charge in [-0.1, -0.05) is 11.6 Å². The van der Waals surface area contributed by atoms with E-state index in [0.29, 0.717) is 10.8 Å². The Balaban J connectivity index is 3.30. The first-order valence-corrected chi connectivity index (χ1v) is 5.37. The number of aryl methyl sites for hydroxylation is 1. The third-order valence-electron chi connectivity index (χ3n) is 2.38. The van der Waals surface area contributed by atoms with Crippen LogP contribution < -0.4 is 4.74 Å². The number of hydrogen-bond donors (Lipinski definition) is 0. The fourth-order valence-electron chi connectivity index (χ4n) is 1.61. The lowest BCUT2D eigenvalue weighted by atomic mass is 10.1. The summed E-state index contributed by atoms with van der Waals surface area (Å²) >= 11 is 6.11. The Morgan fingerprint density at radius 3 is 2.44 bits per heavy atom. The highest BCUT2D eigenvalue weighted by atomic mass is 35.5. The van der Waals surface area contributed by atoms with Gasteiger partial charge in [-0.05, 0) is 24.6 Å². The second-order valence-corrected chi connectivity index (χ2v) is 4.15. The van der Waals surface area contributed by atoms with E-state index in [1.807, 2.05) is 38.1 Å². The van der Waals surface area contributed by atoms with E-state index in [9.17, 15) is 0 Å². The molecule has 0 saturated heterocycles. The zero-order chi connectivity index (χ0) is 12.3. The van der Waals surface area contributed by atoms with E-state index < -0.39 is 0 Å². The smallest absolute Gasteiger partial charge is 0.137 e. The molecule has 3 nitrogen and oxygen atoms in total. The highest BCUT2D eigenvalue weighted by molar-refractivity contribution is 6.32. The Labute approximate surface area is 102 Å². The van der Waals surface area contributed by atoms with Crippen LogP contribution in [0.5, 0.6) is 5.75 Å². The maximum absolute atomic E-state index is 6.11. The first-order valence-electron chi connectivity index (χ1n) is 4.99. The second kappa shape index (κ2) is 5.21. The molecule has 0 aliphatic heterocycles. The molecule has 0 heterocycles. The van der Waals surface area contributed by atoms with Crippen molar-refractivity contribution in [2.24, 2.45) is 4.99 Å². The van der Waals surface area contributed by atoms with Crippen LogP contribution in [0, 0.1) is 6.92 Å². The number of aliphatic imine (C=N–C) groups is 1. The molecular formula is C12H17ClN2O. The van der Waals surface area contributed by atoms with Gasteiger partial charge in [-0.2, -0.15) is 0 Å². The Hall–Kier alpha value is -1.22. The summed E-state index contributed by atoms with van der Waals surface area (Å²) in [5, 5.41) is 0.603. The van der Waals surface area contributed by atoms with Gasteiger partial charge in [-0.3, -0.25) is 4.99 Å². The van der Waals surface area contributed by atoms with E-state index in [1.54, 1.807) is 14.2 Å². The van der Waals surface area contributed by atoms with E-state index in [1.165, 1.54) is 0 Å². The Morgan fingerprint density at radius 2 is 2.00 bits per heavy atom. The van der Waals surface area contributed by atoms with Crippen LogP contribution in [0.25, 0.3) is 0 Å². The van der Waals surface area contributed by atoms with E-state index in [0.717, 1.165) is 17.0 Å². The number of methoxy groups -OCH3 is 1. The van der Waals surface area contributed by atoms with Crippen LogP contribution in [0.15, 0.2) is 17.1 Å². The van der Waals surface area contributed by atoms with Gasteiger partial charge in [0.05, 0.1) is 12.1 Å².